The summed E-state index contributed by atoms with van der Waals surface area (Å²) in [4.78, 5) is 13.0. The third kappa shape index (κ3) is 4.36. The summed E-state index contributed by atoms with van der Waals surface area (Å²) < 4.78 is 19.1. The Balaban J connectivity index is 3.07. The van der Waals surface area contributed by atoms with Crippen molar-refractivity contribution in [2.45, 2.75) is 26.4 Å². The first-order chi connectivity index (χ1) is 8.76. The summed E-state index contributed by atoms with van der Waals surface area (Å²) in [6.07, 6.45) is -0.734. The molecule has 0 aromatic heterocycles. The summed E-state index contributed by atoms with van der Waals surface area (Å²) in [6.45, 7) is 4.72. The Labute approximate surface area is 116 Å². The standard InChI is InChI=1S/C13H17ClFNO3/c1-13(2,3)19-12(18)16(7-8-17)10-6-4-5-9(14)11(10)15/h4-6,17H,7-8H2,1-3H3. The van der Waals surface area contributed by atoms with Crippen LogP contribution in [0.2, 0.25) is 5.02 Å². The average Bonchev–Trinajstić information content (AvgIpc) is 2.28. The van der Waals surface area contributed by atoms with Crippen LogP contribution in [-0.4, -0.2) is 30.0 Å². The van der Waals surface area contributed by atoms with Crippen LogP contribution in [0.4, 0.5) is 14.9 Å². The van der Waals surface area contributed by atoms with Crippen molar-refractivity contribution in [2.75, 3.05) is 18.1 Å². The van der Waals surface area contributed by atoms with Gasteiger partial charge in [0.25, 0.3) is 0 Å². The molecule has 1 rings (SSSR count). The van der Waals surface area contributed by atoms with Gasteiger partial charge in [-0.25, -0.2) is 9.18 Å². The molecule has 1 aromatic rings. The molecular weight excluding hydrogens is 273 g/mol. The highest BCUT2D eigenvalue weighted by Crippen LogP contribution is 2.26. The molecule has 0 bridgehead atoms. The first-order valence-corrected chi connectivity index (χ1v) is 6.19. The number of nitrogens with zero attached hydrogens (tertiary/aromatic N) is 1. The SMILES string of the molecule is CC(C)(C)OC(=O)N(CCO)c1cccc(Cl)c1F. The van der Waals surface area contributed by atoms with Gasteiger partial charge in [0, 0.05) is 0 Å². The van der Waals surface area contributed by atoms with Gasteiger partial charge in [-0.1, -0.05) is 17.7 Å². The fraction of sp³-hybridized carbons (Fsp3) is 0.462. The number of hydrogen-bond donors (Lipinski definition) is 1. The summed E-state index contributed by atoms with van der Waals surface area (Å²) >= 11 is 5.68. The molecule has 6 heteroatoms. The Bertz CT molecular complexity index is 460. The molecular formula is C13H17ClFNO3. The minimum atomic E-state index is -0.734. The zero-order chi connectivity index (χ0) is 14.6. The third-order valence-electron chi connectivity index (χ3n) is 2.16. The van der Waals surface area contributed by atoms with Crippen LogP contribution < -0.4 is 4.90 Å². The Kier molecular flexibility index (Phi) is 5.14. The van der Waals surface area contributed by atoms with Crippen molar-refractivity contribution in [1.82, 2.24) is 0 Å². The molecule has 106 valence electrons. The molecule has 0 fully saturated rings. The molecule has 0 aliphatic rings. The molecule has 0 atom stereocenters. The summed E-state index contributed by atoms with van der Waals surface area (Å²) in [6, 6.07) is 4.31. The zero-order valence-electron chi connectivity index (χ0n) is 11.1. The van der Waals surface area contributed by atoms with Crippen LogP contribution in [0.5, 0.6) is 0 Å². The third-order valence-corrected chi connectivity index (χ3v) is 2.45. The van der Waals surface area contributed by atoms with Gasteiger partial charge >= 0.3 is 6.09 Å². The van der Waals surface area contributed by atoms with E-state index in [1.54, 1.807) is 20.8 Å². The van der Waals surface area contributed by atoms with E-state index in [-0.39, 0.29) is 23.9 Å². The number of carbonyl (C=O) groups excluding carboxylic acids is 1. The lowest BCUT2D eigenvalue weighted by molar-refractivity contribution is 0.0572. The van der Waals surface area contributed by atoms with Crippen LogP contribution in [0.25, 0.3) is 0 Å². The predicted molar refractivity (Wildman–Crippen MR) is 72.1 cm³/mol. The maximum atomic E-state index is 13.9. The second-order valence-electron chi connectivity index (χ2n) is 4.93. The Morgan fingerprint density at radius 1 is 1.47 bits per heavy atom. The molecule has 1 amide bonds. The average molecular weight is 290 g/mol. The van der Waals surface area contributed by atoms with Gasteiger partial charge in [-0.15, -0.1) is 0 Å². The van der Waals surface area contributed by atoms with Gasteiger partial charge in [0.2, 0.25) is 0 Å². The lowest BCUT2D eigenvalue weighted by Gasteiger charge is -2.27. The number of ether oxygens (including phenoxy) is 1. The molecule has 0 radical (unpaired) electrons. The second-order valence-corrected chi connectivity index (χ2v) is 5.34. The zero-order valence-corrected chi connectivity index (χ0v) is 11.9. The highest BCUT2D eigenvalue weighted by Gasteiger charge is 2.25. The summed E-state index contributed by atoms with van der Waals surface area (Å²) in [5.41, 5.74) is -0.726. The number of benzene rings is 1. The van der Waals surface area contributed by atoms with E-state index in [1.165, 1.54) is 18.2 Å². The van der Waals surface area contributed by atoms with Crippen LogP contribution in [0.3, 0.4) is 0 Å². The number of carbonyl (C=O) groups is 1. The van der Waals surface area contributed by atoms with E-state index in [2.05, 4.69) is 0 Å². The molecule has 1 aromatic carbocycles. The van der Waals surface area contributed by atoms with E-state index in [4.69, 9.17) is 21.4 Å². The van der Waals surface area contributed by atoms with Gasteiger partial charge in [-0.05, 0) is 32.9 Å². The summed E-state index contributed by atoms with van der Waals surface area (Å²) in [7, 11) is 0. The van der Waals surface area contributed by atoms with Crippen molar-refractivity contribution >= 4 is 23.4 Å². The fourth-order valence-corrected chi connectivity index (χ4v) is 1.60. The smallest absolute Gasteiger partial charge is 0.414 e. The molecule has 0 aliphatic heterocycles. The van der Waals surface area contributed by atoms with E-state index < -0.39 is 17.5 Å². The van der Waals surface area contributed by atoms with E-state index in [0.717, 1.165) is 4.90 Å². The summed E-state index contributed by atoms with van der Waals surface area (Å²) in [5, 5.41) is 8.91. The van der Waals surface area contributed by atoms with Crippen molar-refractivity contribution in [1.29, 1.82) is 0 Å². The van der Waals surface area contributed by atoms with Crippen molar-refractivity contribution in [3.8, 4) is 0 Å². The quantitative estimate of drug-likeness (QED) is 0.929. The van der Waals surface area contributed by atoms with Crippen molar-refractivity contribution in [3.63, 3.8) is 0 Å². The number of amides is 1. The van der Waals surface area contributed by atoms with E-state index in [9.17, 15) is 9.18 Å². The minimum absolute atomic E-state index is 0.0178. The Hall–Kier alpha value is -1.33. The van der Waals surface area contributed by atoms with E-state index >= 15 is 0 Å². The van der Waals surface area contributed by atoms with Gasteiger partial charge in [0.1, 0.15) is 5.60 Å². The van der Waals surface area contributed by atoms with Crippen LogP contribution in [0, 0.1) is 5.82 Å². The minimum Gasteiger partial charge on any atom is -0.443 e. The lowest BCUT2D eigenvalue weighted by atomic mass is 10.2. The number of anilines is 1. The van der Waals surface area contributed by atoms with Crippen molar-refractivity contribution < 1.29 is 19.0 Å². The first kappa shape index (κ1) is 15.7. The molecule has 0 saturated carbocycles. The van der Waals surface area contributed by atoms with Crippen LogP contribution in [0.1, 0.15) is 20.8 Å². The first-order valence-electron chi connectivity index (χ1n) is 5.81. The highest BCUT2D eigenvalue weighted by atomic mass is 35.5. The van der Waals surface area contributed by atoms with Crippen LogP contribution >= 0.6 is 11.6 Å². The van der Waals surface area contributed by atoms with Gasteiger partial charge in [0.05, 0.1) is 23.9 Å². The number of halogens is 2. The normalized spacial score (nSPS) is 11.3. The molecule has 0 spiro atoms. The maximum Gasteiger partial charge on any atom is 0.414 e. The predicted octanol–water partition coefficient (Wildman–Crippen LogP) is 3.21. The van der Waals surface area contributed by atoms with Crippen LogP contribution in [-0.2, 0) is 4.74 Å². The van der Waals surface area contributed by atoms with Crippen molar-refractivity contribution in [3.05, 3.63) is 29.0 Å². The number of hydrogen-bond acceptors (Lipinski definition) is 3. The molecule has 0 unspecified atom stereocenters. The maximum absolute atomic E-state index is 13.9. The molecule has 4 nitrogen and oxygen atoms in total. The number of aliphatic hydroxyl groups is 1. The molecule has 1 N–H and O–H groups in total. The highest BCUT2D eigenvalue weighted by molar-refractivity contribution is 6.31. The second kappa shape index (κ2) is 6.21. The largest absolute Gasteiger partial charge is 0.443 e. The van der Waals surface area contributed by atoms with Gasteiger partial charge < -0.3 is 9.84 Å². The monoisotopic (exact) mass is 289 g/mol. The Morgan fingerprint density at radius 3 is 2.63 bits per heavy atom. The van der Waals surface area contributed by atoms with E-state index in [0.29, 0.717) is 0 Å². The van der Waals surface area contributed by atoms with Crippen LogP contribution in [0.15, 0.2) is 18.2 Å². The van der Waals surface area contributed by atoms with Gasteiger partial charge in [-0.3, -0.25) is 4.90 Å². The van der Waals surface area contributed by atoms with Crippen molar-refractivity contribution in [2.24, 2.45) is 0 Å². The number of aliphatic hydroxyl groups excluding tert-OH is 1. The fourth-order valence-electron chi connectivity index (χ4n) is 1.43. The van der Waals surface area contributed by atoms with Gasteiger partial charge in [-0.2, -0.15) is 0 Å². The molecule has 0 aliphatic carbocycles. The molecule has 0 heterocycles. The molecule has 19 heavy (non-hydrogen) atoms. The van der Waals surface area contributed by atoms with Gasteiger partial charge in [0.15, 0.2) is 5.82 Å². The number of rotatable bonds is 3. The lowest BCUT2D eigenvalue weighted by Crippen LogP contribution is -2.39. The topological polar surface area (TPSA) is 49.8 Å². The van der Waals surface area contributed by atoms with E-state index in [1.807, 2.05) is 0 Å². The molecule has 0 saturated heterocycles. The Morgan fingerprint density at radius 2 is 2.11 bits per heavy atom. The summed E-state index contributed by atoms with van der Waals surface area (Å²) in [5.74, 6) is -0.719.